The topological polar surface area (TPSA) is 42.2 Å². The highest BCUT2D eigenvalue weighted by Crippen LogP contribution is 2.19. The smallest absolute Gasteiger partial charge is 0.252 e. The molecule has 1 aromatic heterocycles. The SMILES string of the molecule is C[C@@H](CCc1ccccc1)NC(=O)/C(=C/c1ccco1)c1ccccc1. The molecule has 0 aliphatic carbocycles. The minimum atomic E-state index is -0.0897. The average Bonchev–Trinajstić information content (AvgIpc) is 3.19. The summed E-state index contributed by atoms with van der Waals surface area (Å²) in [6, 6.07) is 23.7. The molecule has 3 nitrogen and oxygen atoms in total. The van der Waals surface area contributed by atoms with E-state index in [1.54, 1.807) is 12.3 Å². The zero-order chi connectivity index (χ0) is 18.2. The molecule has 2 aromatic carbocycles. The lowest BCUT2D eigenvalue weighted by molar-refractivity contribution is -0.116. The summed E-state index contributed by atoms with van der Waals surface area (Å²) in [6.45, 7) is 2.04. The Bertz CT molecular complexity index is 836. The summed E-state index contributed by atoms with van der Waals surface area (Å²) in [7, 11) is 0. The van der Waals surface area contributed by atoms with Crippen molar-refractivity contribution in [1.29, 1.82) is 0 Å². The third-order valence-corrected chi connectivity index (χ3v) is 4.25. The van der Waals surface area contributed by atoms with E-state index in [2.05, 4.69) is 17.4 Å². The van der Waals surface area contributed by atoms with Crippen LogP contribution in [-0.2, 0) is 11.2 Å². The fourth-order valence-corrected chi connectivity index (χ4v) is 2.81. The molecule has 0 saturated heterocycles. The van der Waals surface area contributed by atoms with Crippen molar-refractivity contribution in [2.75, 3.05) is 0 Å². The van der Waals surface area contributed by atoms with Gasteiger partial charge in [-0.25, -0.2) is 0 Å². The second kappa shape index (κ2) is 8.86. The number of furan rings is 1. The highest BCUT2D eigenvalue weighted by atomic mass is 16.3. The van der Waals surface area contributed by atoms with Crippen LogP contribution in [0.25, 0.3) is 11.6 Å². The first kappa shape index (κ1) is 17.7. The predicted molar refractivity (Wildman–Crippen MR) is 105 cm³/mol. The Hall–Kier alpha value is -3.07. The number of amides is 1. The largest absolute Gasteiger partial charge is 0.465 e. The van der Waals surface area contributed by atoms with Crippen molar-refractivity contribution in [2.45, 2.75) is 25.8 Å². The fourth-order valence-electron chi connectivity index (χ4n) is 2.81. The zero-order valence-electron chi connectivity index (χ0n) is 14.9. The first-order valence-electron chi connectivity index (χ1n) is 8.88. The van der Waals surface area contributed by atoms with E-state index in [1.807, 2.05) is 67.6 Å². The third-order valence-electron chi connectivity index (χ3n) is 4.25. The summed E-state index contributed by atoms with van der Waals surface area (Å²) < 4.78 is 5.39. The van der Waals surface area contributed by atoms with Gasteiger partial charge < -0.3 is 9.73 Å². The van der Waals surface area contributed by atoms with Gasteiger partial charge in [0.15, 0.2) is 0 Å². The second-order valence-corrected chi connectivity index (χ2v) is 6.34. The fraction of sp³-hybridized carbons (Fsp3) is 0.174. The van der Waals surface area contributed by atoms with Crippen molar-refractivity contribution in [3.05, 3.63) is 95.9 Å². The molecule has 1 atom stereocenters. The molecule has 3 aromatic rings. The van der Waals surface area contributed by atoms with Gasteiger partial charge >= 0.3 is 0 Å². The summed E-state index contributed by atoms with van der Waals surface area (Å²) in [5, 5.41) is 3.11. The van der Waals surface area contributed by atoms with E-state index in [4.69, 9.17) is 4.42 Å². The van der Waals surface area contributed by atoms with Crippen LogP contribution in [0.2, 0.25) is 0 Å². The van der Waals surface area contributed by atoms with Crippen LogP contribution in [0.1, 0.15) is 30.2 Å². The van der Waals surface area contributed by atoms with Gasteiger partial charge in [0.25, 0.3) is 5.91 Å². The first-order chi connectivity index (χ1) is 12.7. The lowest BCUT2D eigenvalue weighted by Gasteiger charge is -2.16. The van der Waals surface area contributed by atoms with E-state index >= 15 is 0 Å². The number of rotatable bonds is 7. The molecule has 0 saturated carbocycles. The maximum atomic E-state index is 12.9. The highest BCUT2D eigenvalue weighted by molar-refractivity contribution is 6.24. The summed E-state index contributed by atoms with van der Waals surface area (Å²) in [6.07, 6.45) is 5.22. The van der Waals surface area contributed by atoms with Gasteiger partial charge in [-0.1, -0.05) is 60.7 Å². The van der Waals surface area contributed by atoms with Crippen molar-refractivity contribution in [1.82, 2.24) is 5.32 Å². The second-order valence-electron chi connectivity index (χ2n) is 6.34. The van der Waals surface area contributed by atoms with E-state index in [-0.39, 0.29) is 11.9 Å². The van der Waals surface area contributed by atoms with E-state index in [1.165, 1.54) is 5.56 Å². The Kier molecular flexibility index (Phi) is 6.05. The molecule has 26 heavy (non-hydrogen) atoms. The van der Waals surface area contributed by atoms with Crippen molar-refractivity contribution in [3.8, 4) is 0 Å². The average molecular weight is 345 g/mol. The number of carbonyl (C=O) groups is 1. The number of hydrogen-bond acceptors (Lipinski definition) is 2. The van der Waals surface area contributed by atoms with Gasteiger partial charge in [-0.2, -0.15) is 0 Å². The van der Waals surface area contributed by atoms with Crippen molar-refractivity contribution in [2.24, 2.45) is 0 Å². The van der Waals surface area contributed by atoms with E-state index in [0.29, 0.717) is 11.3 Å². The van der Waals surface area contributed by atoms with Gasteiger partial charge in [0, 0.05) is 6.04 Å². The molecule has 0 aliphatic rings. The molecule has 0 spiro atoms. The molecule has 0 bridgehead atoms. The Balaban J connectivity index is 1.69. The molecule has 0 radical (unpaired) electrons. The zero-order valence-corrected chi connectivity index (χ0v) is 14.9. The summed E-state index contributed by atoms with van der Waals surface area (Å²) in [4.78, 5) is 12.9. The molecule has 1 amide bonds. The van der Waals surface area contributed by atoms with Crippen LogP contribution >= 0.6 is 0 Å². The van der Waals surface area contributed by atoms with Crippen LogP contribution in [0.5, 0.6) is 0 Å². The molecule has 0 aliphatic heterocycles. The summed E-state index contributed by atoms with van der Waals surface area (Å²) in [5.74, 6) is 0.573. The maximum Gasteiger partial charge on any atom is 0.252 e. The van der Waals surface area contributed by atoms with E-state index in [0.717, 1.165) is 18.4 Å². The number of benzene rings is 2. The number of carbonyl (C=O) groups excluding carboxylic acids is 1. The van der Waals surface area contributed by atoms with Crippen molar-refractivity contribution < 1.29 is 9.21 Å². The normalized spacial score (nSPS) is 12.6. The molecule has 3 heteroatoms. The van der Waals surface area contributed by atoms with Crippen LogP contribution in [0.15, 0.2) is 83.5 Å². The van der Waals surface area contributed by atoms with Crippen LogP contribution < -0.4 is 5.32 Å². The number of hydrogen-bond donors (Lipinski definition) is 1. The van der Waals surface area contributed by atoms with Crippen molar-refractivity contribution in [3.63, 3.8) is 0 Å². The minimum absolute atomic E-state index is 0.0754. The monoisotopic (exact) mass is 345 g/mol. The van der Waals surface area contributed by atoms with Crippen LogP contribution in [0, 0.1) is 0 Å². The number of aryl methyl sites for hydroxylation is 1. The van der Waals surface area contributed by atoms with Crippen LogP contribution in [0.3, 0.4) is 0 Å². The van der Waals surface area contributed by atoms with Crippen LogP contribution in [0.4, 0.5) is 0 Å². The molecule has 0 unspecified atom stereocenters. The summed E-state index contributed by atoms with van der Waals surface area (Å²) in [5.41, 5.74) is 2.76. The van der Waals surface area contributed by atoms with E-state index < -0.39 is 0 Å². The molecular weight excluding hydrogens is 322 g/mol. The van der Waals surface area contributed by atoms with Crippen LogP contribution in [-0.4, -0.2) is 11.9 Å². The van der Waals surface area contributed by atoms with Gasteiger partial charge in [0.1, 0.15) is 5.76 Å². The standard InChI is InChI=1S/C23H23NO2/c1-18(14-15-19-9-4-2-5-10-19)24-23(25)22(17-21-13-8-16-26-21)20-11-6-3-7-12-20/h2-13,16-18H,14-15H2,1H3,(H,24,25)/b22-17+/t18-/m0/s1. The quantitative estimate of drug-likeness (QED) is 0.615. The maximum absolute atomic E-state index is 12.9. The molecule has 3 rings (SSSR count). The predicted octanol–water partition coefficient (Wildman–Crippen LogP) is 4.96. The molecular formula is C23H23NO2. The lowest BCUT2D eigenvalue weighted by Crippen LogP contribution is -2.33. The Morgan fingerprint density at radius 3 is 2.35 bits per heavy atom. The molecule has 1 N–H and O–H groups in total. The molecule has 0 fully saturated rings. The van der Waals surface area contributed by atoms with Gasteiger partial charge in [-0.05, 0) is 49.1 Å². The first-order valence-corrected chi connectivity index (χ1v) is 8.88. The van der Waals surface area contributed by atoms with E-state index in [9.17, 15) is 4.79 Å². The Morgan fingerprint density at radius 2 is 1.69 bits per heavy atom. The lowest BCUT2D eigenvalue weighted by atomic mass is 10.0. The molecule has 1 heterocycles. The van der Waals surface area contributed by atoms with Crippen molar-refractivity contribution >= 4 is 17.6 Å². The third kappa shape index (κ3) is 4.96. The molecule has 132 valence electrons. The minimum Gasteiger partial charge on any atom is -0.465 e. The highest BCUT2D eigenvalue weighted by Gasteiger charge is 2.15. The number of nitrogens with one attached hydrogen (secondary N) is 1. The van der Waals surface area contributed by atoms with Gasteiger partial charge in [-0.3, -0.25) is 4.79 Å². The van der Waals surface area contributed by atoms with Gasteiger partial charge in [0.05, 0.1) is 11.8 Å². The summed E-state index contributed by atoms with van der Waals surface area (Å²) >= 11 is 0. The Morgan fingerprint density at radius 1 is 1.00 bits per heavy atom. The Labute approximate surface area is 154 Å². The van der Waals surface area contributed by atoms with Gasteiger partial charge in [-0.15, -0.1) is 0 Å². The van der Waals surface area contributed by atoms with Gasteiger partial charge in [0.2, 0.25) is 0 Å².